The number of hydrogen-bond donors (Lipinski definition) is 3. The zero-order chi connectivity index (χ0) is 13.4. The molecule has 0 aromatic heterocycles. The maximum Gasteiger partial charge on any atom is 0.251 e. The van der Waals surface area contributed by atoms with Gasteiger partial charge in [0, 0.05) is 23.7 Å². The minimum absolute atomic E-state index is 0.0214. The first-order valence-electron chi connectivity index (χ1n) is 6.53. The van der Waals surface area contributed by atoms with Gasteiger partial charge < -0.3 is 15.7 Å². The molecule has 1 aliphatic carbocycles. The normalized spacial score (nSPS) is 25.0. The number of fused-ring (bicyclic) bond motifs is 1. The molecule has 1 saturated carbocycles. The van der Waals surface area contributed by atoms with E-state index in [4.69, 9.17) is 0 Å². The highest BCUT2D eigenvalue weighted by Crippen LogP contribution is 2.24. The van der Waals surface area contributed by atoms with Crippen molar-refractivity contribution in [3.63, 3.8) is 0 Å². The van der Waals surface area contributed by atoms with Gasteiger partial charge in [0.1, 0.15) is 0 Å². The Bertz CT molecular complexity index is 535. The van der Waals surface area contributed by atoms with Gasteiger partial charge in [-0.3, -0.25) is 9.59 Å². The summed E-state index contributed by atoms with van der Waals surface area (Å²) in [4.78, 5) is 23.3. The molecule has 0 atom stereocenters. The van der Waals surface area contributed by atoms with Gasteiger partial charge in [0.05, 0.1) is 6.10 Å². The van der Waals surface area contributed by atoms with E-state index in [1.807, 2.05) is 6.07 Å². The van der Waals surface area contributed by atoms with Gasteiger partial charge in [0.15, 0.2) is 0 Å². The fourth-order valence-electron chi connectivity index (χ4n) is 2.50. The van der Waals surface area contributed by atoms with Gasteiger partial charge in [-0.1, -0.05) is 0 Å². The summed E-state index contributed by atoms with van der Waals surface area (Å²) in [6.45, 7) is 0. The maximum absolute atomic E-state index is 12.0. The number of anilines is 1. The highest BCUT2D eigenvalue weighted by molar-refractivity contribution is 5.98. The minimum atomic E-state index is -0.274. The summed E-state index contributed by atoms with van der Waals surface area (Å²) in [7, 11) is 0. The van der Waals surface area contributed by atoms with Crippen molar-refractivity contribution >= 4 is 17.5 Å². The van der Waals surface area contributed by atoms with E-state index < -0.39 is 0 Å². The molecule has 1 fully saturated rings. The molecule has 0 spiro atoms. The molecule has 0 radical (unpaired) electrons. The number of benzene rings is 1. The van der Waals surface area contributed by atoms with Crippen molar-refractivity contribution in [1.82, 2.24) is 5.32 Å². The first-order valence-corrected chi connectivity index (χ1v) is 6.53. The Morgan fingerprint density at radius 2 is 2.11 bits per heavy atom. The van der Waals surface area contributed by atoms with Crippen LogP contribution < -0.4 is 10.6 Å². The lowest BCUT2D eigenvalue weighted by molar-refractivity contribution is -0.116. The molecule has 5 heteroatoms. The van der Waals surface area contributed by atoms with Crippen LogP contribution in [0.2, 0.25) is 0 Å². The highest BCUT2D eigenvalue weighted by Gasteiger charge is 2.28. The molecular formula is C14H16N2O3. The predicted octanol–water partition coefficient (Wildman–Crippen LogP) is 0.824. The number of carbonyl (C=O) groups excluding carboxylic acids is 2. The Labute approximate surface area is 111 Å². The van der Waals surface area contributed by atoms with E-state index in [0.29, 0.717) is 31.2 Å². The van der Waals surface area contributed by atoms with Gasteiger partial charge in [-0.2, -0.15) is 0 Å². The fourth-order valence-corrected chi connectivity index (χ4v) is 2.50. The molecule has 100 valence electrons. The number of aliphatic hydroxyl groups is 1. The summed E-state index contributed by atoms with van der Waals surface area (Å²) in [5, 5.41) is 14.9. The smallest absolute Gasteiger partial charge is 0.251 e. The second-order valence-electron chi connectivity index (χ2n) is 5.22. The molecule has 1 aromatic rings. The van der Waals surface area contributed by atoms with Crippen molar-refractivity contribution in [2.24, 2.45) is 0 Å². The van der Waals surface area contributed by atoms with Gasteiger partial charge >= 0.3 is 0 Å². The number of amides is 2. The third kappa shape index (κ3) is 2.46. The number of hydrogen-bond acceptors (Lipinski definition) is 3. The summed E-state index contributed by atoms with van der Waals surface area (Å²) in [6.07, 6.45) is 2.13. The lowest BCUT2D eigenvalue weighted by Gasteiger charge is -2.32. The van der Waals surface area contributed by atoms with Gasteiger partial charge in [-0.05, 0) is 43.0 Å². The van der Waals surface area contributed by atoms with Crippen LogP contribution in [0, 0.1) is 0 Å². The van der Waals surface area contributed by atoms with Gasteiger partial charge in [0.2, 0.25) is 5.91 Å². The number of aliphatic hydroxyl groups excluding tert-OH is 1. The summed E-state index contributed by atoms with van der Waals surface area (Å²) in [5.41, 5.74) is 2.41. The Kier molecular flexibility index (Phi) is 2.98. The SMILES string of the molecule is O=C1CCc2cc(C(=O)NC3CC(O)C3)ccc2N1. The quantitative estimate of drug-likeness (QED) is 0.736. The summed E-state index contributed by atoms with van der Waals surface area (Å²) < 4.78 is 0. The first-order chi connectivity index (χ1) is 9.11. The number of rotatable bonds is 2. The van der Waals surface area contributed by atoms with Gasteiger partial charge in [0.25, 0.3) is 5.91 Å². The molecule has 3 rings (SSSR count). The van der Waals surface area contributed by atoms with E-state index in [1.165, 1.54) is 0 Å². The minimum Gasteiger partial charge on any atom is -0.393 e. The lowest BCUT2D eigenvalue weighted by atomic mass is 9.89. The van der Waals surface area contributed by atoms with E-state index in [0.717, 1.165) is 11.3 Å². The van der Waals surface area contributed by atoms with Crippen LogP contribution in [0.1, 0.15) is 35.2 Å². The van der Waals surface area contributed by atoms with Crippen molar-refractivity contribution in [3.8, 4) is 0 Å². The van der Waals surface area contributed by atoms with Gasteiger partial charge in [-0.15, -0.1) is 0 Å². The average molecular weight is 260 g/mol. The second-order valence-corrected chi connectivity index (χ2v) is 5.22. The van der Waals surface area contributed by atoms with Crippen LogP contribution in [0.4, 0.5) is 5.69 Å². The predicted molar refractivity (Wildman–Crippen MR) is 69.9 cm³/mol. The molecule has 3 N–H and O–H groups in total. The molecule has 0 bridgehead atoms. The fraction of sp³-hybridized carbons (Fsp3) is 0.429. The van der Waals surface area contributed by atoms with Crippen LogP contribution in [0.3, 0.4) is 0 Å². The van der Waals surface area contributed by atoms with Crippen molar-refractivity contribution in [1.29, 1.82) is 0 Å². The Hall–Kier alpha value is -1.88. The van der Waals surface area contributed by atoms with Crippen LogP contribution in [-0.4, -0.2) is 29.1 Å². The molecule has 2 aliphatic rings. The largest absolute Gasteiger partial charge is 0.393 e. The molecule has 1 heterocycles. The Morgan fingerprint density at radius 1 is 1.32 bits per heavy atom. The van der Waals surface area contributed by atoms with Crippen molar-refractivity contribution in [3.05, 3.63) is 29.3 Å². The molecule has 0 unspecified atom stereocenters. The monoisotopic (exact) mass is 260 g/mol. The summed E-state index contributed by atoms with van der Waals surface area (Å²) in [5.74, 6) is -0.0928. The Morgan fingerprint density at radius 3 is 2.84 bits per heavy atom. The van der Waals surface area contributed by atoms with Crippen LogP contribution in [0.15, 0.2) is 18.2 Å². The molecule has 0 saturated heterocycles. The van der Waals surface area contributed by atoms with E-state index in [1.54, 1.807) is 12.1 Å². The molecule has 2 amide bonds. The van der Waals surface area contributed by atoms with Crippen molar-refractivity contribution in [2.75, 3.05) is 5.32 Å². The van der Waals surface area contributed by atoms with Gasteiger partial charge in [-0.25, -0.2) is 0 Å². The average Bonchev–Trinajstić information content (AvgIpc) is 2.36. The first kappa shape index (κ1) is 12.2. The number of aryl methyl sites for hydroxylation is 1. The van der Waals surface area contributed by atoms with Crippen LogP contribution in [-0.2, 0) is 11.2 Å². The maximum atomic E-state index is 12.0. The molecule has 5 nitrogen and oxygen atoms in total. The van der Waals surface area contributed by atoms with E-state index in [2.05, 4.69) is 10.6 Å². The molecule has 19 heavy (non-hydrogen) atoms. The standard InChI is InChI=1S/C14H16N2O3/c17-11-6-10(7-11)15-14(19)9-1-3-12-8(5-9)2-4-13(18)16-12/h1,3,5,10-11,17H,2,4,6-7H2,(H,15,19)(H,16,18). The summed E-state index contributed by atoms with van der Waals surface area (Å²) in [6, 6.07) is 5.41. The van der Waals surface area contributed by atoms with Crippen molar-refractivity contribution < 1.29 is 14.7 Å². The number of nitrogens with one attached hydrogen (secondary N) is 2. The lowest BCUT2D eigenvalue weighted by Crippen LogP contribution is -2.46. The van der Waals surface area contributed by atoms with Crippen LogP contribution >= 0.6 is 0 Å². The third-order valence-corrected chi connectivity index (χ3v) is 3.71. The molecule has 1 aliphatic heterocycles. The summed E-state index contributed by atoms with van der Waals surface area (Å²) >= 11 is 0. The topological polar surface area (TPSA) is 78.4 Å². The highest BCUT2D eigenvalue weighted by atomic mass is 16.3. The van der Waals surface area contributed by atoms with E-state index in [9.17, 15) is 14.7 Å². The zero-order valence-electron chi connectivity index (χ0n) is 10.5. The van der Waals surface area contributed by atoms with Crippen molar-refractivity contribution in [2.45, 2.75) is 37.8 Å². The molecular weight excluding hydrogens is 244 g/mol. The zero-order valence-corrected chi connectivity index (χ0v) is 10.5. The third-order valence-electron chi connectivity index (χ3n) is 3.71. The van der Waals surface area contributed by atoms with Crippen LogP contribution in [0.25, 0.3) is 0 Å². The number of carbonyl (C=O) groups is 2. The second kappa shape index (κ2) is 4.66. The molecule has 1 aromatic carbocycles. The van der Waals surface area contributed by atoms with Crippen LogP contribution in [0.5, 0.6) is 0 Å². The van der Waals surface area contributed by atoms with E-state index >= 15 is 0 Å². The Balaban J connectivity index is 1.71. The van der Waals surface area contributed by atoms with E-state index in [-0.39, 0.29) is 24.0 Å².